The summed E-state index contributed by atoms with van der Waals surface area (Å²) in [7, 11) is 0. The number of aromatic nitrogens is 4. The highest BCUT2D eigenvalue weighted by molar-refractivity contribution is 6.18. The number of nitrogens with one attached hydrogen (secondary N) is 1. The van der Waals surface area contributed by atoms with Crippen LogP contribution in [-0.2, 0) is 0 Å². The maximum atomic E-state index is 6.06. The molecule has 2 unspecified atom stereocenters. The molecule has 0 amide bonds. The van der Waals surface area contributed by atoms with Crippen molar-refractivity contribution in [2.24, 2.45) is 5.92 Å². The molecular weight excluding hydrogens is 238 g/mol. The average molecular weight is 252 g/mol. The molecule has 0 spiro atoms. The van der Waals surface area contributed by atoms with Crippen molar-refractivity contribution in [3.05, 3.63) is 12.7 Å². The lowest BCUT2D eigenvalue weighted by Gasteiger charge is -2.26. The van der Waals surface area contributed by atoms with Crippen LogP contribution in [0.3, 0.4) is 0 Å². The summed E-state index contributed by atoms with van der Waals surface area (Å²) >= 11 is 6.06. The first-order chi connectivity index (χ1) is 8.31. The second-order valence-corrected chi connectivity index (χ2v) is 4.79. The van der Waals surface area contributed by atoms with Gasteiger partial charge in [-0.2, -0.15) is 0 Å². The maximum absolute atomic E-state index is 6.06. The summed E-state index contributed by atoms with van der Waals surface area (Å²) in [6.07, 6.45) is 4.36. The second kappa shape index (κ2) is 4.14. The van der Waals surface area contributed by atoms with Crippen molar-refractivity contribution in [3.63, 3.8) is 0 Å². The molecule has 1 aliphatic heterocycles. The molecule has 0 saturated carbocycles. The molecule has 2 atom stereocenters. The fourth-order valence-electron chi connectivity index (χ4n) is 2.48. The standard InChI is InChI=1S/C11H14ClN5/c1-7-2-3-17(8(7)4-12)11-9-10(14-5-13-9)15-6-16-11/h5-8H,2-4H2,1H3,(H,13,14,15,16). The van der Waals surface area contributed by atoms with Crippen LogP contribution in [0, 0.1) is 5.92 Å². The zero-order valence-corrected chi connectivity index (χ0v) is 10.4. The molecule has 90 valence electrons. The van der Waals surface area contributed by atoms with Crippen molar-refractivity contribution < 1.29 is 0 Å². The van der Waals surface area contributed by atoms with Crippen LogP contribution in [0.25, 0.3) is 11.2 Å². The van der Waals surface area contributed by atoms with Gasteiger partial charge in [-0.15, -0.1) is 11.6 Å². The molecule has 1 aliphatic rings. The summed E-state index contributed by atoms with van der Waals surface area (Å²) in [5.74, 6) is 2.14. The van der Waals surface area contributed by atoms with Gasteiger partial charge in [0.2, 0.25) is 0 Å². The normalized spacial score (nSPS) is 24.7. The number of hydrogen-bond donors (Lipinski definition) is 1. The van der Waals surface area contributed by atoms with E-state index in [0.29, 0.717) is 23.5 Å². The predicted octanol–water partition coefficient (Wildman–Crippen LogP) is 1.81. The van der Waals surface area contributed by atoms with Crippen LogP contribution in [-0.4, -0.2) is 38.4 Å². The van der Waals surface area contributed by atoms with Gasteiger partial charge in [0, 0.05) is 18.5 Å². The van der Waals surface area contributed by atoms with Crippen molar-refractivity contribution in [1.82, 2.24) is 19.9 Å². The Kier molecular flexibility index (Phi) is 2.63. The Morgan fingerprint density at radius 1 is 1.47 bits per heavy atom. The van der Waals surface area contributed by atoms with Gasteiger partial charge in [0.25, 0.3) is 0 Å². The Bertz CT molecular complexity index is 525. The first kappa shape index (κ1) is 10.8. The number of nitrogens with zero attached hydrogens (tertiary/aromatic N) is 4. The number of fused-ring (bicyclic) bond motifs is 1. The Labute approximate surface area is 104 Å². The van der Waals surface area contributed by atoms with Crippen molar-refractivity contribution in [1.29, 1.82) is 0 Å². The Balaban J connectivity index is 2.06. The van der Waals surface area contributed by atoms with Gasteiger partial charge in [0.1, 0.15) is 11.8 Å². The van der Waals surface area contributed by atoms with Gasteiger partial charge in [0.05, 0.1) is 6.33 Å². The largest absolute Gasteiger partial charge is 0.350 e. The highest BCUT2D eigenvalue weighted by atomic mass is 35.5. The van der Waals surface area contributed by atoms with E-state index in [0.717, 1.165) is 24.3 Å². The lowest BCUT2D eigenvalue weighted by atomic mass is 10.1. The van der Waals surface area contributed by atoms with Crippen LogP contribution < -0.4 is 4.90 Å². The Morgan fingerprint density at radius 3 is 3.18 bits per heavy atom. The number of hydrogen-bond acceptors (Lipinski definition) is 4. The van der Waals surface area contributed by atoms with Gasteiger partial charge < -0.3 is 9.88 Å². The van der Waals surface area contributed by atoms with Gasteiger partial charge in [-0.3, -0.25) is 0 Å². The summed E-state index contributed by atoms with van der Waals surface area (Å²) in [4.78, 5) is 18.0. The van der Waals surface area contributed by atoms with E-state index in [1.54, 1.807) is 12.7 Å². The van der Waals surface area contributed by atoms with E-state index < -0.39 is 0 Å². The summed E-state index contributed by atoms with van der Waals surface area (Å²) < 4.78 is 0. The fraction of sp³-hybridized carbons (Fsp3) is 0.545. The summed E-state index contributed by atoms with van der Waals surface area (Å²) in [5.41, 5.74) is 1.61. The first-order valence-corrected chi connectivity index (χ1v) is 6.31. The lowest BCUT2D eigenvalue weighted by molar-refractivity contribution is 0.549. The van der Waals surface area contributed by atoms with Crippen LogP contribution in [0.4, 0.5) is 5.82 Å². The zero-order chi connectivity index (χ0) is 11.8. The van der Waals surface area contributed by atoms with Gasteiger partial charge in [-0.25, -0.2) is 15.0 Å². The van der Waals surface area contributed by atoms with Gasteiger partial charge in [-0.1, -0.05) is 6.92 Å². The number of alkyl halides is 1. The van der Waals surface area contributed by atoms with Crippen molar-refractivity contribution in [2.45, 2.75) is 19.4 Å². The SMILES string of the molecule is CC1CCN(c2ncnc3nc[nH]c23)C1CCl. The van der Waals surface area contributed by atoms with Crippen molar-refractivity contribution in [2.75, 3.05) is 17.3 Å². The third-order valence-electron chi connectivity index (χ3n) is 3.52. The van der Waals surface area contributed by atoms with Crippen LogP contribution in [0.2, 0.25) is 0 Å². The predicted molar refractivity (Wildman–Crippen MR) is 67.3 cm³/mol. The molecule has 6 heteroatoms. The summed E-state index contributed by atoms with van der Waals surface area (Å²) in [6.45, 7) is 3.22. The van der Waals surface area contributed by atoms with E-state index in [-0.39, 0.29) is 0 Å². The minimum Gasteiger partial charge on any atom is -0.350 e. The smallest absolute Gasteiger partial charge is 0.182 e. The molecule has 0 aliphatic carbocycles. The van der Waals surface area contributed by atoms with Crippen LogP contribution in [0.15, 0.2) is 12.7 Å². The van der Waals surface area contributed by atoms with E-state index in [1.807, 2.05) is 0 Å². The minimum absolute atomic E-state index is 0.345. The second-order valence-electron chi connectivity index (χ2n) is 4.48. The first-order valence-electron chi connectivity index (χ1n) is 5.78. The van der Waals surface area contributed by atoms with Gasteiger partial charge >= 0.3 is 0 Å². The van der Waals surface area contributed by atoms with Crippen LogP contribution in [0.5, 0.6) is 0 Å². The van der Waals surface area contributed by atoms with E-state index in [2.05, 4.69) is 31.8 Å². The number of aromatic amines is 1. The summed E-state index contributed by atoms with van der Waals surface area (Å²) in [6, 6.07) is 0.345. The molecule has 17 heavy (non-hydrogen) atoms. The lowest BCUT2D eigenvalue weighted by Crippen LogP contribution is -2.34. The average Bonchev–Trinajstić information content (AvgIpc) is 2.94. The zero-order valence-electron chi connectivity index (χ0n) is 9.60. The Hall–Kier alpha value is -1.36. The molecular formula is C11H14ClN5. The highest BCUT2D eigenvalue weighted by Gasteiger charge is 2.32. The molecule has 0 bridgehead atoms. The molecule has 2 aromatic rings. The molecule has 1 N–H and O–H groups in total. The minimum atomic E-state index is 0.345. The van der Waals surface area contributed by atoms with E-state index in [9.17, 15) is 0 Å². The topological polar surface area (TPSA) is 57.7 Å². The quantitative estimate of drug-likeness (QED) is 0.827. The van der Waals surface area contributed by atoms with Gasteiger partial charge in [0.15, 0.2) is 11.5 Å². The van der Waals surface area contributed by atoms with Crippen LogP contribution in [0.1, 0.15) is 13.3 Å². The molecule has 3 rings (SSSR count). The van der Waals surface area contributed by atoms with Gasteiger partial charge in [-0.05, 0) is 12.3 Å². The molecule has 1 fully saturated rings. The van der Waals surface area contributed by atoms with E-state index >= 15 is 0 Å². The molecule has 3 heterocycles. The van der Waals surface area contributed by atoms with Crippen molar-refractivity contribution in [3.8, 4) is 0 Å². The summed E-state index contributed by atoms with van der Waals surface area (Å²) in [5, 5.41) is 0. The molecule has 0 radical (unpaired) electrons. The van der Waals surface area contributed by atoms with Crippen molar-refractivity contribution >= 4 is 28.6 Å². The Morgan fingerprint density at radius 2 is 2.35 bits per heavy atom. The molecule has 0 aromatic carbocycles. The molecule has 2 aromatic heterocycles. The van der Waals surface area contributed by atoms with E-state index in [4.69, 9.17) is 11.6 Å². The third kappa shape index (κ3) is 1.65. The monoisotopic (exact) mass is 251 g/mol. The number of imidazole rings is 1. The number of H-pyrrole nitrogens is 1. The molecule has 5 nitrogen and oxygen atoms in total. The highest BCUT2D eigenvalue weighted by Crippen LogP contribution is 2.31. The number of halogens is 1. The molecule has 1 saturated heterocycles. The third-order valence-corrected chi connectivity index (χ3v) is 3.83. The van der Waals surface area contributed by atoms with E-state index in [1.165, 1.54) is 0 Å². The number of rotatable bonds is 2. The maximum Gasteiger partial charge on any atom is 0.182 e. The number of anilines is 1. The van der Waals surface area contributed by atoms with Crippen LogP contribution >= 0.6 is 11.6 Å². The fourth-order valence-corrected chi connectivity index (χ4v) is 2.95.